The number of amides is 2. The summed E-state index contributed by atoms with van der Waals surface area (Å²) in [5, 5.41) is 2.51. The Labute approximate surface area is 182 Å². The van der Waals surface area contributed by atoms with Gasteiger partial charge in [0.1, 0.15) is 5.75 Å². The van der Waals surface area contributed by atoms with Crippen molar-refractivity contribution in [1.29, 1.82) is 0 Å². The predicted molar refractivity (Wildman–Crippen MR) is 111 cm³/mol. The van der Waals surface area contributed by atoms with Gasteiger partial charge in [-0.3, -0.25) is 9.59 Å². The van der Waals surface area contributed by atoms with Gasteiger partial charge < -0.3 is 24.6 Å². The largest absolute Gasteiger partial charge is 0.477 e. The fourth-order valence-corrected chi connectivity index (χ4v) is 3.72. The van der Waals surface area contributed by atoms with Crippen LogP contribution in [0.2, 0.25) is 0 Å². The number of hydrogen-bond donors (Lipinski definition) is 1. The summed E-state index contributed by atoms with van der Waals surface area (Å²) in [5.41, 5.74) is -0.159. The molecule has 0 aliphatic carbocycles. The van der Waals surface area contributed by atoms with E-state index in [0.29, 0.717) is 37.7 Å². The minimum atomic E-state index is -4.50. The van der Waals surface area contributed by atoms with Gasteiger partial charge in [0.25, 0.3) is 5.91 Å². The molecule has 32 heavy (non-hydrogen) atoms. The van der Waals surface area contributed by atoms with E-state index in [1.165, 1.54) is 12.1 Å². The van der Waals surface area contributed by atoms with Crippen LogP contribution in [0.1, 0.15) is 5.56 Å². The Morgan fingerprint density at radius 3 is 2.56 bits per heavy atom. The fraction of sp³-hybridized carbons (Fsp3) is 0.364. The molecule has 2 aliphatic rings. The minimum Gasteiger partial charge on any atom is -0.477 e. The van der Waals surface area contributed by atoms with Crippen LogP contribution in [-0.2, 0) is 20.5 Å². The lowest BCUT2D eigenvalue weighted by Crippen LogP contribution is -2.53. The summed E-state index contributed by atoms with van der Waals surface area (Å²) in [5.74, 6) is -0.220. The molecule has 1 saturated heterocycles. The monoisotopic (exact) mass is 449 g/mol. The second-order valence-corrected chi connectivity index (χ2v) is 7.52. The number of nitrogens with zero attached hydrogens (tertiary/aromatic N) is 2. The van der Waals surface area contributed by atoms with Crippen LogP contribution in [0.4, 0.5) is 24.5 Å². The van der Waals surface area contributed by atoms with Crippen molar-refractivity contribution >= 4 is 23.2 Å². The lowest BCUT2D eigenvalue weighted by Gasteiger charge is -2.38. The Hall–Kier alpha value is -3.27. The molecule has 0 radical (unpaired) electrons. The first kappa shape index (κ1) is 21.9. The van der Waals surface area contributed by atoms with Crippen molar-refractivity contribution in [3.8, 4) is 5.75 Å². The molecule has 2 aromatic carbocycles. The number of hydrogen-bond acceptors (Lipinski definition) is 5. The number of rotatable bonds is 4. The second-order valence-electron chi connectivity index (χ2n) is 7.52. The molecule has 0 bridgehead atoms. The molecule has 1 atom stereocenters. The van der Waals surface area contributed by atoms with Crippen LogP contribution in [0.5, 0.6) is 5.75 Å². The topological polar surface area (TPSA) is 71.1 Å². The molecule has 0 spiro atoms. The molecule has 0 saturated carbocycles. The van der Waals surface area contributed by atoms with E-state index in [0.717, 1.165) is 12.1 Å². The molecule has 1 N–H and O–H groups in total. The van der Waals surface area contributed by atoms with Crippen LogP contribution in [0.25, 0.3) is 0 Å². The lowest BCUT2D eigenvalue weighted by molar-refractivity contribution is -0.142. The molecule has 0 aromatic heterocycles. The predicted octanol–water partition coefficient (Wildman–Crippen LogP) is 2.77. The zero-order valence-electron chi connectivity index (χ0n) is 17.1. The zero-order chi connectivity index (χ0) is 22.7. The first-order chi connectivity index (χ1) is 15.3. The number of carbonyl (C=O) groups excluding carboxylic acids is 2. The van der Waals surface area contributed by atoms with E-state index in [9.17, 15) is 22.8 Å². The van der Waals surface area contributed by atoms with E-state index in [4.69, 9.17) is 9.47 Å². The zero-order valence-corrected chi connectivity index (χ0v) is 17.1. The van der Waals surface area contributed by atoms with Gasteiger partial charge in [-0.1, -0.05) is 18.2 Å². The molecule has 7 nitrogen and oxygen atoms in total. The van der Waals surface area contributed by atoms with Crippen molar-refractivity contribution in [2.45, 2.75) is 12.3 Å². The number of anilines is 2. The van der Waals surface area contributed by atoms with Crippen molar-refractivity contribution in [2.75, 3.05) is 49.6 Å². The van der Waals surface area contributed by atoms with Crippen molar-refractivity contribution in [2.24, 2.45) is 0 Å². The Morgan fingerprint density at radius 2 is 1.81 bits per heavy atom. The van der Waals surface area contributed by atoms with Gasteiger partial charge in [0.15, 0.2) is 6.10 Å². The number of morpholine rings is 1. The minimum absolute atomic E-state index is 0.0484. The average molecular weight is 449 g/mol. The summed E-state index contributed by atoms with van der Waals surface area (Å²) in [4.78, 5) is 28.9. The van der Waals surface area contributed by atoms with E-state index >= 15 is 0 Å². The molecule has 2 aromatic rings. The average Bonchev–Trinajstić information content (AvgIpc) is 2.78. The van der Waals surface area contributed by atoms with Crippen LogP contribution in [0.15, 0.2) is 48.5 Å². The molecule has 1 fully saturated rings. The van der Waals surface area contributed by atoms with Crippen molar-refractivity contribution in [3.63, 3.8) is 0 Å². The number of nitrogens with one attached hydrogen (secondary N) is 1. The van der Waals surface area contributed by atoms with Crippen LogP contribution in [0.3, 0.4) is 0 Å². The number of fused-ring (bicyclic) bond motifs is 1. The number of para-hydroxylation sites is 2. The molecule has 2 heterocycles. The second kappa shape index (κ2) is 9.07. The molecule has 170 valence electrons. The highest BCUT2D eigenvalue weighted by Gasteiger charge is 2.35. The van der Waals surface area contributed by atoms with E-state index in [1.807, 2.05) is 0 Å². The highest BCUT2D eigenvalue weighted by Crippen LogP contribution is 2.34. The number of ether oxygens (including phenoxy) is 2. The Balaban J connectivity index is 1.48. The molecule has 0 unspecified atom stereocenters. The van der Waals surface area contributed by atoms with Gasteiger partial charge in [0.05, 0.1) is 37.6 Å². The number of halogens is 3. The summed E-state index contributed by atoms with van der Waals surface area (Å²) in [6.07, 6.45) is -5.30. The van der Waals surface area contributed by atoms with Crippen molar-refractivity contribution in [3.05, 3.63) is 54.1 Å². The van der Waals surface area contributed by atoms with Crippen LogP contribution >= 0.6 is 0 Å². The van der Waals surface area contributed by atoms with E-state index in [-0.39, 0.29) is 24.7 Å². The van der Waals surface area contributed by atoms with Crippen LogP contribution in [-0.4, -0.2) is 62.2 Å². The third-order valence-corrected chi connectivity index (χ3v) is 5.27. The molecule has 10 heteroatoms. The fourth-order valence-electron chi connectivity index (χ4n) is 3.72. The maximum absolute atomic E-state index is 12.9. The Morgan fingerprint density at radius 1 is 1.06 bits per heavy atom. The quantitative estimate of drug-likeness (QED) is 0.778. The number of carbonyl (C=O) groups is 2. The number of benzene rings is 2. The summed E-state index contributed by atoms with van der Waals surface area (Å²) in [6.45, 7) is 1.84. The highest BCUT2D eigenvalue weighted by atomic mass is 19.4. The Kier molecular flexibility index (Phi) is 6.22. The first-order valence-corrected chi connectivity index (χ1v) is 10.2. The highest BCUT2D eigenvalue weighted by molar-refractivity contribution is 5.95. The van der Waals surface area contributed by atoms with Crippen molar-refractivity contribution < 1.29 is 32.2 Å². The Bertz CT molecular complexity index is 992. The summed E-state index contributed by atoms with van der Waals surface area (Å²) in [7, 11) is 0. The standard InChI is InChI=1S/C22H22F3N3O4/c23-22(24,25)15-4-3-5-16(12-15)26-20(29)14-28-13-19(21(30)27-8-10-31-11-9-27)32-18-7-2-1-6-17(18)28/h1-7,12,19H,8-11,13-14H2,(H,26,29)/t19-/m1/s1. The normalized spacial score (nSPS) is 18.5. The number of alkyl halides is 3. The van der Waals surface area contributed by atoms with Crippen molar-refractivity contribution in [1.82, 2.24) is 4.90 Å². The van der Waals surface area contributed by atoms with Gasteiger partial charge in [-0.05, 0) is 30.3 Å². The third kappa shape index (κ3) is 4.96. The summed E-state index contributed by atoms with van der Waals surface area (Å²) >= 11 is 0. The molecule has 2 amide bonds. The summed E-state index contributed by atoms with van der Waals surface area (Å²) < 4.78 is 50.0. The first-order valence-electron chi connectivity index (χ1n) is 10.2. The molecular weight excluding hydrogens is 427 g/mol. The SMILES string of the molecule is O=C(CN1C[C@H](C(=O)N2CCOCC2)Oc2ccccc21)Nc1cccc(C(F)(F)F)c1. The van der Waals surface area contributed by atoms with Crippen LogP contribution in [0, 0.1) is 0 Å². The van der Waals surface area contributed by atoms with Gasteiger partial charge >= 0.3 is 6.18 Å². The van der Waals surface area contributed by atoms with Crippen LogP contribution < -0.4 is 15.0 Å². The van der Waals surface area contributed by atoms with E-state index in [1.54, 1.807) is 34.1 Å². The van der Waals surface area contributed by atoms with Gasteiger partial charge in [0, 0.05) is 18.8 Å². The molecule has 2 aliphatic heterocycles. The summed E-state index contributed by atoms with van der Waals surface area (Å²) in [6, 6.07) is 11.5. The lowest BCUT2D eigenvalue weighted by atomic mass is 10.1. The smallest absolute Gasteiger partial charge is 0.416 e. The third-order valence-electron chi connectivity index (χ3n) is 5.27. The van der Waals surface area contributed by atoms with Gasteiger partial charge in [-0.15, -0.1) is 0 Å². The van der Waals surface area contributed by atoms with E-state index in [2.05, 4.69) is 5.32 Å². The molecular formula is C22H22F3N3O4. The van der Waals surface area contributed by atoms with Gasteiger partial charge in [0.2, 0.25) is 5.91 Å². The molecule has 4 rings (SSSR count). The van der Waals surface area contributed by atoms with Gasteiger partial charge in [-0.25, -0.2) is 0 Å². The van der Waals surface area contributed by atoms with E-state index < -0.39 is 23.8 Å². The maximum atomic E-state index is 12.9. The van der Waals surface area contributed by atoms with Gasteiger partial charge in [-0.2, -0.15) is 13.2 Å². The maximum Gasteiger partial charge on any atom is 0.416 e.